The van der Waals surface area contributed by atoms with E-state index in [1.807, 2.05) is 0 Å². The fourth-order valence-corrected chi connectivity index (χ4v) is 2.92. The lowest BCUT2D eigenvalue weighted by Crippen LogP contribution is -2.39. The Morgan fingerprint density at radius 3 is 2.75 bits per heavy atom. The van der Waals surface area contributed by atoms with Gasteiger partial charge in [0.2, 0.25) is 0 Å². The van der Waals surface area contributed by atoms with Crippen LogP contribution in [0.1, 0.15) is 23.2 Å². The van der Waals surface area contributed by atoms with Gasteiger partial charge in [0.25, 0.3) is 5.91 Å². The minimum Gasteiger partial charge on any atom is -0.396 e. The molecule has 20 heavy (non-hydrogen) atoms. The van der Waals surface area contributed by atoms with E-state index in [2.05, 4.69) is 15.9 Å². The van der Waals surface area contributed by atoms with Crippen LogP contribution in [0.3, 0.4) is 0 Å². The van der Waals surface area contributed by atoms with Crippen molar-refractivity contribution in [3.05, 3.63) is 28.0 Å². The molecule has 2 rings (SSSR count). The molecule has 4 nitrogen and oxygen atoms in total. The highest BCUT2D eigenvalue weighted by molar-refractivity contribution is 9.10. The van der Waals surface area contributed by atoms with Gasteiger partial charge >= 0.3 is 0 Å². The Kier molecular flexibility index (Phi) is 4.99. The highest BCUT2D eigenvalue weighted by Gasteiger charge is 2.25. The van der Waals surface area contributed by atoms with Crippen LogP contribution in [0.5, 0.6) is 0 Å². The molecule has 0 atom stereocenters. The van der Waals surface area contributed by atoms with Crippen LogP contribution in [0.15, 0.2) is 16.6 Å². The van der Waals surface area contributed by atoms with Crippen LogP contribution in [0.2, 0.25) is 0 Å². The number of anilines is 1. The summed E-state index contributed by atoms with van der Waals surface area (Å²) in [7, 11) is 1.69. The summed E-state index contributed by atoms with van der Waals surface area (Å²) >= 11 is 3.22. The van der Waals surface area contributed by atoms with Crippen molar-refractivity contribution in [3.63, 3.8) is 0 Å². The summed E-state index contributed by atoms with van der Waals surface area (Å²) in [5, 5.41) is 0. The van der Waals surface area contributed by atoms with Gasteiger partial charge in [0.1, 0.15) is 5.82 Å². The predicted molar refractivity (Wildman–Crippen MR) is 79.0 cm³/mol. The number of hydrogen-bond donors (Lipinski definition) is 1. The zero-order valence-electron chi connectivity index (χ0n) is 11.4. The van der Waals surface area contributed by atoms with E-state index >= 15 is 0 Å². The number of benzene rings is 1. The van der Waals surface area contributed by atoms with Crippen molar-refractivity contribution in [2.75, 3.05) is 32.5 Å². The average Bonchev–Trinajstić information content (AvgIpc) is 2.43. The average molecular weight is 345 g/mol. The Hall–Kier alpha value is -1.14. The number of carbonyl (C=O) groups excluding carboxylic acids is 1. The van der Waals surface area contributed by atoms with E-state index in [1.165, 1.54) is 12.1 Å². The second-order valence-corrected chi connectivity index (χ2v) is 5.90. The van der Waals surface area contributed by atoms with Gasteiger partial charge in [0, 0.05) is 31.3 Å². The van der Waals surface area contributed by atoms with Gasteiger partial charge in [0.05, 0.1) is 11.3 Å². The van der Waals surface area contributed by atoms with Crippen LogP contribution in [0.25, 0.3) is 0 Å². The molecular weight excluding hydrogens is 327 g/mol. The first-order valence-corrected chi connectivity index (χ1v) is 7.35. The highest BCUT2D eigenvalue weighted by atomic mass is 79.9. The number of methoxy groups -OCH3 is 1. The number of hydrogen-bond acceptors (Lipinski definition) is 3. The fraction of sp³-hybridized carbons (Fsp3) is 0.500. The molecule has 6 heteroatoms. The Labute approximate surface area is 126 Å². The van der Waals surface area contributed by atoms with Crippen LogP contribution < -0.4 is 5.73 Å². The van der Waals surface area contributed by atoms with Gasteiger partial charge in [-0.25, -0.2) is 4.39 Å². The lowest BCUT2D eigenvalue weighted by Gasteiger charge is -2.32. The zero-order valence-corrected chi connectivity index (χ0v) is 13.0. The third-order valence-corrected chi connectivity index (χ3v) is 4.28. The largest absolute Gasteiger partial charge is 0.396 e. The van der Waals surface area contributed by atoms with Gasteiger partial charge in [-0.3, -0.25) is 4.79 Å². The van der Waals surface area contributed by atoms with Crippen LogP contribution >= 0.6 is 15.9 Å². The predicted octanol–water partition coefficient (Wildman–Crippen LogP) is 2.67. The Morgan fingerprint density at radius 2 is 2.15 bits per heavy atom. The minimum absolute atomic E-state index is 0.00850. The molecule has 1 aromatic rings. The van der Waals surface area contributed by atoms with Crippen LogP contribution in [0.4, 0.5) is 10.1 Å². The molecule has 2 N–H and O–H groups in total. The van der Waals surface area contributed by atoms with Crippen LogP contribution in [-0.2, 0) is 4.74 Å². The van der Waals surface area contributed by atoms with Crippen LogP contribution in [-0.4, -0.2) is 37.6 Å². The van der Waals surface area contributed by atoms with Crippen molar-refractivity contribution in [2.45, 2.75) is 12.8 Å². The van der Waals surface area contributed by atoms with Crippen LogP contribution in [0, 0.1) is 11.7 Å². The first-order valence-electron chi connectivity index (χ1n) is 6.55. The number of nitrogens with zero attached hydrogens (tertiary/aromatic N) is 1. The van der Waals surface area contributed by atoms with Crippen molar-refractivity contribution in [1.82, 2.24) is 4.90 Å². The van der Waals surface area contributed by atoms with Crippen molar-refractivity contribution < 1.29 is 13.9 Å². The van der Waals surface area contributed by atoms with E-state index in [-0.39, 0.29) is 11.6 Å². The summed E-state index contributed by atoms with van der Waals surface area (Å²) in [5.41, 5.74) is 5.94. The molecule has 0 unspecified atom stereocenters. The standard InChI is InChI=1S/C14H18BrFN2O2/c1-20-8-9-2-4-18(5-3-9)14(19)10-6-13(17)12(16)7-11(10)15/h6-7,9H,2-5,8,17H2,1H3. The van der Waals surface area contributed by atoms with Crippen molar-refractivity contribution >= 4 is 27.5 Å². The van der Waals surface area contributed by atoms with Gasteiger partial charge in [-0.15, -0.1) is 0 Å². The van der Waals surface area contributed by atoms with E-state index in [9.17, 15) is 9.18 Å². The first kappa shape index (κ1) is 15.3. The number of piperidine rings is 1. The number of nitrogen functional groups attached to an aromatic ring is 1. The molecule has 0 aromatic heterocycles. The first-order chi connectivity index (χ1) is 9.52. The molecule has 0 spiro atoms. The smallest absolute Gasteiger partial charge is 0.255 e. The normalized spacial score (nSPS) is 16.4. The SMILES string of the molecule is COCC1CCN(C(=O)c2cc(N)c(F)cc2Br)CC1. The van der Waals surface area contributed by atoms with E-state index in [1.54, 1.807) is 12.0 Å². The van der Waals surface area contributed by atoms with Crippen molar-refractivity contribution in [3.8, 4) is 0 Å². The number of halogens is 2. The fourth-order valence-electron chi connectivity index (χ4n) is 2.44. The molecular formula is C14H18BrFN2O2. The summed E-state index contributed by atoms with van der Waals surface area (Å²) in [6.07, 6.45) is 1.85. The van der Waals surface area contributed by atoms with Gasteiger partial charge < -0.3 is 15.4 Å². The minimum atomic E-state index is -0.521. The third-order valence-electron chi connectivity index (χ3n) is 3.62. The Bertz CT molecular complexity index is 502. The van der Waals surface area contributed by atoms with E-state index in [4.69, 9.17) is 10.5 Å². The number of likely N-dealkylation sites (tertiary alicyclic amines) is 1. The topological polar surface area (TPSA) is 55.6 Å². The lowest BCUT2D eigenvalue weighted by molar-refractivity contribution is 0.0613. The second-order valence-electron chi connectivity index (χ2n) is 5.04. The monoisotopic (exact) mass is 344 g/mol. The third kappa shape index (κ3) is 3.30. The molecule has 0 radical (unpaired) electrons. The molecule has 110 valence electrons. The van der Waals surface area contributed by atoms with Gasteiger partial charge in [-0.2, -0.15) is 0 Å². The van der Waals surface area contributed by atoms with E-state index in [0.717, 1.165) is 19.4 Å². The van der Waals surface area contributed by atoms with Crippen molar-refractivity contribution in [2.24, 2.45) is 5.92 Å². The quantitative estimate of drug-likeness (QED) is 0.857. The zero-order chi connectivity index (χ0) is 14.7. The Morgan fingerprint density at radius 1 is 1.50 bits per heavy atom. The van der Waals surface area contributed by atoms with E-state index < -0.39 is 5.82 Å². The number of rotatable bonds is 3. The summed E-state index contributed by atoms with van der Waals surface area (Å²) in [5.74, 6) is -0.127. The van der Waals surface area contributed by atoms with Gasteiger partial charge in [-0.05, 0) is 46.8 Å². The summed E-state index contributed by atoms with van der Waals surface area (Å²) < 4.78 is 18.9. The number of amides is 1. The molecule has 0 saturated carbocycles. The molecule has 1 aliphatic heterocycles. The Balaban J connectivity index is 2.07. The second kappa shape index (κ2) is 6.54. The molecule has 0 aliphatic carbocycles. The highest BCUT2D eigenvalue weighted by Crippen LogP contribution is 2.26. The molecule has 1 heterocycles. The van der Waals surface area contributed by atoms with Gasteiger partial charge in [-0.1, -0.05) is 0 Å². The summed E-state index contributed by atoms with van der Waals surface area (Å²) in [4.78, 5) is 14.2. The molecule has 1 saturated heterocycles. The van der Waals surface area contributed by atoms with Gasteiger partial charge in [0.15, 0.2) is 0 Å². The summed E-state index contributed by atoms with van der Waals surface area (Å²) in [6, 6.07) is 2.63. The number of nitrogens with two attached hydrogens (primary N) is 1. The molecule has 1 aromatic carbocycles. The molecule has 1 amide bonds. The number of carbonyl (C=O) groups is 1. The maximum absolute atomic E-state index is 13.3. The molecule has 1 fully saturated rings. The maximum Gasteiger partial charge on any atom is 0.255 e. The van der Waals surface area contributed by atoms with E-state index in [0.29, 0.717) is 29.0 Å². The maximum atomic E-state index is 13.3. The number of ether oxygens (including phenoxy) is 1. The lowest BCUT2D eigenvalue weighted by atomic mass is 9.97. The summed E-state index contributed by atoms with van der Waals surface area (Å²) in [6.45, 7) is 2.11. The molecule has 1 aliphatic rings. The molecule has 0 bridgehead atoms. The van der Waals surface area contributed by atoms with Crippen molar-refractivity contribution in [1.29, 1.82) is 0 Å².